The van der Waals surface area contributed by atoms with Gasteiger partial charge in [-0.1, -0.05) is 0 Å². The number of nitrogens with zero attached hydrogens (tertiary/aromatic N) is 1. The van der Waals surface area contributed by atoms with E-state index < -0.39 is 5.38 Å². The monoisotopic (exact) mass is 283 g/mol. The molecule has 1 amide bonds. The maximum atomic E-state index is 11.9. The Kier molecular flexibility index (Phi) is 4.20. The molecule has 2 rings (SSSR count). The number of rotatable bonds is 3. The number of hydrogen-bond acceptors (Lipinski definition) is 3. The molecular weight excluding hydrogens is 266 g/mol. The van der Waals surface area contributed by atoms with Crippen LogP contribution in [-0.2, 0) is 17.8 Å². The molecule has 0 N–H and O–H groups in total. The standard InChI is InChI=1S/C14H18ClNO3/c1-9(15)14(17)16-5-4-10-6-12(18-2)13(19-3)7-11(10)8-16/h6-7,9H,4-5,8H2,1-3H3/t9-/m1/s1. The van der Waals surface area contributed by atoms with Gasteiger partial charge in [0.25, 0.3) is 0 Å². The first-order chi connectivity index (χ1) is 9.06. The van der Waals surface area contributed by atoms with Gasteiger partial charge in [-0.25, -0.2) is 0 Å². The molecule has 0 aromatic heterocycles. The first-order valence-corrected chi connectivity index (χ1v) is 6.67. The minimum absolute atomic E-state index is 0.0258. The summed E-state index contributed by atoms with van der Waals surface area (Å²) in [7, 11) is 3.23. The Morgan fingerprint density at radius 1 is 1.26 bits per heavy atom. The van der Waals surface area contributed by atoms with E-state index in [4.69, 9.17) is 21.1 Å². The van der Waals surface area contributed by atoms with E-state index in [0.29, 0.717) is 18.8 Å². The second-order valence-corrected chi connectivity index (χ2v) is 5.26. The van der Waals surface area contributed by atoms with Crippen LogP contribution in [0.5, 0.6) is 11.5 Å². The predicted octanol–water partition coefficient (Wildman–Crippen LogP) is 2.22. The van der Waals surface area contributed by atoms with Crippen LogP contribution in [0.4, 0.5) is 0 Å². The summed E-state index contributed by atoms with van der Waals surface area (Å²) in [6.45, 7) is 2.97. The van der Waals surface area contributed by atoms with Gasteiger partial charge in [0.2, 0.25) is 5.91 Å². The second kappa shape index (κ2) is 5.70. The summed E-state index contributed by atoms with van der Waals surface area (Å²) in [5.74, 6) is 1.39. The zero-order valence-corrected chi connectivity index (χ0v) is 12.2. The van der Waals surface area contributed by atoms with Crippen LogP contribution in [0.25, 0.3) is 0 Å². The SMILES string of the molecule is COc1cc2c(cc1OC)CN(C(=O)[C@@H](C)Cl)CC2. The summed E-state index contributed by atoms with van der Waals surface area (Å²) in [6, 6.07) is 3.92. The minimum atomic E-state index is -0.485. The topological polar surface area (TPSA) is 38.8 Å². The van der Waals surface area contributed by atoms with Crippen LogP contribution >= 0.6 is 11.6 Å². The van der Waals surface area contributed by atoms with Crippen molar-refractivity contribution in [2.45, 2.75) is 25.3 Å². The van der Waals surface area contributed by atoms with Crippen molar-refractivity contribution < 1.29 is 14.3 Å². The third-order valence-electron chi connectivity index (χ3n) is 3.37. The molecule has 0 unspecified atom stereocenters. The second-order valence-electron chi connectivity index (χ2n) is 4.60. The average Bonchev–Trinajstić information content (AvgIpc) is 2.44. The normalized spacial score (nSPS) is 15.7. The molecule has 0 fully saturated rings. The highest BCUT2D eigenvalue weighted by Gasteiger charge is 2.24. The number of hydrogen-bond donors (Lipinski definition) is 0. The lowest BCUT2D eigenvalue weighted by Gasteiger charge is -2.30. The number of benzene rings is 1. The van der Waals surface area contributed by atoms with Crippen molar-refractivity contribution in [1.82, 2.24) is 4.90 Å². The highest BCUT2D eigenvalue weighted by Crippen LogP contribution is 2.33. The molecule has 1 aromatic rings. The van der Waals surface area contributed by atoms with Crippen LogP contribution < -0.4 is 9.47 Å². The summed E-state index contributed by atoms with van der Waals surface area (Å²) in [5.41, 5.74) is 2.29. The van der Waals surface area contributed by atoms with Crippen LogP contribution in [0.2, 0.25) is 0 Å². The fraction of sp³-hybridized carbons (Fsp3) is 0.500. The van der Waals surface area contributed by atoms with Crippen molar-refractivity contribution in [2.75, 3.05) is 20.8 Å². The van der Waals surface area contributed by atoms with Crippen molar-refractivity contribution >= 4 is 17.5 Å². The van der Waals surface area contributed by atoms with E-state index in [0.717, 1.165) is 17.7 Å². The Labute approximate surface area is 118 Å². The third kappa shape index (κ3) is 2.78. The van der Waals surface area contributed by atoms with Crippen molar-refractivity contribution in [3.8, 4) is 11.5 Å². The quantitative estimate of drug-likeness (QED) is 0.799. The number of carbonyl (C=O) groups excluding carboxylic acids is 1. The Bertz CT molecular complexity index is 488. The van der Waals surface area contributed by atoms with Crippen molar-refractivity contribution in [3.05, 3.63) is 23.3 Å². The van der Waals surface area contributed by atoms with Crippen LogP contribution in [-0.4, -0.2) is 36.9 Å². The molecule has 19 heavy (non-hydrogen) atoms. The number of carbonyl (C=O) groups is 1. The lowest BCUT2D eigenvalue weighted by molar-refractivity contribution is -0.131. The Morgan fingerprint density at radius 3 is 2.37 bits per heavy atom. The van der Waals surface area contributed by atoms with Gasteiger partial charge in [0.15, 0.2) is 11.5 Å². The number of ether oxygens (including phenoxy) is 2. The van der Waals surface area contributed by atoms with Gasteiger partial charge in [0, 0.05) is 13.1 Å². The number of halogens is 1. The van der Waals surface area contributed by atoms with Gasteiger partial charge in [-0.05, 0) is 36.6 Å². The molecular formula is C14H18ClNO3. The first kappa shape index (κ1) is 14.0. The Hall–Kier alpha value is -1.42. The van der Waals surface area contributed by atoms with Gasteiger partial charge in [0.1, 0.15) is 5.38 Å². The highest BCUT2D eigenvalue weighted by atomic mass is 35.5. The lowest BCUT2D eigenvalue weighted by atomic mass is 9.98. The van der Waals surface area contributed by atoms with Gasteiger partial charge in [0.05, 0.1) is 14.2 Å². The van der Waals surface area contributed by atoms with Crippen LogP contribution in [0, 0.1) is 0 Å². The Balaban J connectivity index is 2.27. The molecule has 0 radical (unpaired) electrons. The maximum Gasteiger partial charge on any atom is 0.240 e. The predicted molar refractivity (Wildman–Crippen MR) is 74.0 cm³/mol. The summed E-state index contributed by atoms with van der Waals surface area (Å²) < 4.78 is 10.6. The number of fused-ring (bicyclic) bond motifs is 1. The van der Waals surface area contributed by atoms with E-state index >= 15 is 0 Å². The van der Waals surface area contributed by atoms with E-state index in [9.17, 15) is 4.79 Å². The molecule has 0 saturated carbocycles. The summed E-state index contributed by atoms with van der Waals surface area (Å²) in [4.78, 5) is 13.7. The molecule has 1 aliphatic rings. The smallest absolute Gasteiger partial charge is 0.240 e. The van der Waals surface area contributed by atoms with E-state index in [1.165, 1.54) is 5.56 Å². The summed E-state index contributed by atoms with van der Waals surface area (Å²) >= 11 is 5.86. The van der Waals surface area contributed by atoms with Gasteiger partial charge >= 0.3 is 0 Å². The molecule has 5 heteroatoms. The molecule has 4 nitrogen and oxygen atoms in total. The number of methoxy groups -OCH3 is 2. The molecule has 0 saturated heterocycles. The summed E-state index contributed by atoms with van der Waals surface area (Å²) in [5, 5.41) is -0.485. The van der Waals surface area contributed by atoms with Crippen LogP contribution in [0.15, 0.2) is 12.1 Å². The largest absolute Gasteiger partial charge is 0.493 e. The van der Waals surface area contributed by atoms with E-state index in [1.807, 2.05) is 12.1 Å². The molecule has 1 heterocycles. The molecule has 0 aliphatic carbocycles. The van der Waals surface area contributed by atoms with Gasteiger partial charge < -0.3 is 14.4 Å². The first-order valence-electron chi connectivity index (χ1n) is 6.23. The van der Waals surface area contributed by atoms with Gasteiger partial charge in [-0.3, -0.25) is 4.79 Å². The van der Waals surface area contributed by atoms with Gasteiger partial charge in [-0.15, -0.1) is 11.6 Å². The van der Waals surface area contributed by atoms with Crippen molar-refractivity contribution in [1.29, 1.82) is 0 Å². The van der Waals surface area contributed by atoms with Crippen LogP contribution in [0.3, 0.4) is 0 Å². The zero-order valence-electron chi connectivity index (χ0n) is 11.4. The number of alkyl halides is 1. The molecule has 1 atom stereocenters. The zero-order chi connectivity index (χ0) is 14.0. The average molecular weight is 284 g/mol. The summed E-state index contributed by atoms with van der Waals surface area (Å²) in [6.07, 6.45) is 0.811. The van der Waals surface area contributed by atoms with Gasteiger partial charge in [-0.2, -0.15) is 0 Å². The Morgan fingerprint density at radius 2 is 1.84 bits per heavy atom. The molecule has 0 bridgehead atoms. The fourth-order valence-electron chi connectivity index (χ4n) is 2.32. The van der Waals surface area contributed by atoms with E-state index in [2.05, 4.69) is 0 Å². The lowest BCUT2D eigenvalue weighted by Crippen LogP contribution is -2.39. The third-order valence-corrected chi connectivity index (χ3v) is 3.56. The molecule has 1 aliphatic heterocycles. The fourth-order valence-corrected chi connectivity index (χ4v) is 2.46. The maximum absolute atomic E-state index is 11.9. The molecule has 104 valence electrons. The van der Waals surface area contributed by atoms with Crippen molar-refractivity contribution in [3.63, 3.8) is 0 Å². The molecule has 1 aromatic carbocycles. The molecule has 0 spiro atoms. The van der Waals surface area contributed by atoms with E-state index in [-0.39, 0.29) is 5.91 Å². The highest BCUT2D eigenvalue weighted by molar-refractivity contribution is 6.30. The van der Waals surface area contributed by atoms with E-state index in [1.54, 1.807) is 26.0 Å². The van der Waals surface area contributed by atoms with Crippen molar-refractivity contribution in [2.24, 2.45) is 0 Å². The van der Waals surface area contributed by atoms with Crippen LogP contribution in [0.1, 0.15) is 18.1 Å². The minimum Gasteiger partial charge on any atom is -0.493 e. The number of amides is 1.